The first-order valence-corrected chi connectivity index (χ1v) is 5.96. The van der Waals surface area contributed by atoms with Crippen LogP contribution in [0.3, 0.4) is 0 Å². The van der Waals surface area contributed by atoms with E-state index >= 15 is 0 Å². The molecule has 1 aliphatic heterocycles. The van der Waals surface area contributed by atoms with E-state index in [1.165, 1.54) is 6.07 Å². The van der Waals surface area contributed by atoms with Gasteiger partial charge in [-0.25, -0.2) is 0 Å². The zero-order chi connectivity index (χ0) is 13.9. The third kappa shape index (κ3) is 3.38. The standard InChI is InChI=1S/C13H13F3N2O/c14-13(15,16)10-3-4-12(9(6-10)7-17)18-11-2-1-5-19-8-11/h3-4,6,11,18H,1-2,5,8H2. The zero-order valence-corrected chi connectivity index (χ0v) is 10.1. The Morgan fingerprint density at radius 1 is 1.37 bits per heavy atom. The maximum Gasteiger partial charge on any atom is 0.416 e. The lowest BCUT2D eigenvalue weighted by Gasteiger charge is -2.24. The predicted molar refractivity (Wildman–Crippen MR) is 63.6 cm³/mol. The van der Waals surface area contributed by atoms with Gasteiger partial charge in [0.2, 0.25) is 0 Å². The van der Waals surface area contributed by atoms with Crippen molar-refractivity contribution in [3.8, 4) is 6.07 Å². The number of rotatable bonds is 2. The van der Waals surface area contributed by atoms with E-state index in [0.29, 0.717) is 18.9 Å². The minimum Gasteiger partial charge on any atom is -0.379 e. The molecule has 0 amide bonds. The van der Waals surface area contributed by atoms with Gasteiger partial charge in [0, 0.05) is 12.6 Å². The summed E-state index contributed by atoms with van der Waals surface area (Å²) in [6.45, 7) is 1.21. The molecule has 0 aliphatic carbocycles. The topological polar surface area (TPSA) is 45.0 Å². The number of alkyl halides is 3. The van der Waals surface area contributed by atoms with Gasteiger partial charge in [-0.2, -0.15) is 18.4 Å². The highest BCUT2D eigenvalue weighted by Crippen LogP contribution is 2.32. The maximum absolute atomic E-state index is 12.5. The van der Waals surface area contributed by atoms with Gasteiger partial charge in [-0.3, -0.25) is 0 Å². The van der Waals surface area contributed by atoms with E-state index in [-0.39, 0.29) is 11.6 Å². The molecule has 0 saturated carbocycles. The highest BCUT2D eigenvalue weighted by atomic mass is 19.4. The summed E-state index contributed by atoms with van der Waals surface area (Å²) in [6.07, 6.45) is -2.65. The lowest BCUT2D eigenvalue weighted by atomic mass is 10.1. The summed E-state index contributed by atoms with van der Waals surface area (Å²) >= 11 is 0. The molecule has 0 aromatic heterocycles. The van der Waals surface area contributed by atoms with Gasteiger partial charge in [0.05, 0.1) is 23.4 Å². The van der Waals surface area contributed by atoms with Crippen LogP contribution in [-0.2, 0) is 10.9 Å². The van der Waals surface area contributed by atoms with Gasteiger partial charge in [0.15, 0.2) is 0 Å². The minimum atomic E-state index is -4.43. The summed E-state index contributed by atoms with van der Waals surface area (Å²) in [5.74, 6) is 0. The molecule has 1 aliphatic rings. The quantitative estimate of drug-likeness (QED) is 0.897. The first kappa shape index (κ1) is 13.7. The molecule has 19 heavy (non-hydrogen) atoms. The molecular weight excluding hydrogens is 257 g/mol. The molecule has 1 saturated heterocycles. The number of ether oxygens (including phenoxy) is 1. The van der Waals surface area contributed by atoms with Crippen LogP contribution in [-0.4, -0.2) is 19.3 Å². The normalized spacial score (nSPS) is 19.8. The smallest absolute Gasteiger partial charge is 0.379 e. The number of hydrogen-bond donors (Lipinski definition) is 1. The fourth-order valence-electron chi connectivity index (χ4n) is 2.01. The summed E-state index contributed by atoms with van der Waals surface area (Å²) in [5.41, 5.74) is -0.388. The van der Waals surface area contributed by atoms with Crippen LogP contribution in [0.1, 0.15) is 24.0 Å². The zero-order valence-electron chi connectivity index (χ0n) is 10.1. The van der Waals surface area contributed by atoms with Gasteiger partial charge in [0.25, 0.3) is 0 Å². The Labute approximate surface area is 109 Å². The number of nitrogens with one attached hydrogen (secondary N) is 1. The Morgan fingerprint density at radius 2 is 2.16 bits per heavy atom. The van der Waals surface area contributed by atoms with Crippen molar-refractivity contribution >= 4 is 5.69 Å². The number of hydrogen-bond acceptors (Lipinski definition) is 3. The van der Waals surface area contributed by atoms with Crippen LogP contribution in [0.2, 0.25) is 0 Å². The van der Waals surface area contributed by atoms with E-state index < -0.39 is 11.7 Å². The summed E-state index contributed by atoms with van der Waals surface area (Å²) in [6, 6.07) is 4.98. The molecule has 1 N–H and O–H groups in total. The second-order valence-corrected chi connectivity index (χ2v) is 4.43. The van der Waals surface area contributed by atoms with Crippen LogP contribution in [0.25, 0.3) is 0 Å². The lowest BCUT2D eigenvalue weighted by Crippen LogP contribution is -2.30. The van der Waals surface area contributed by atoms with Crippen molar-refractivity contribution < 1.29 is 17.9 Å². The molecule has 3 nitrogen and oxygen atoms in total. The van der Waals surface area contributed by atoms with Gasteiger partial charge in [-0.1, -0.05) is 0 Å². The third-order valence-electron chi connectivity index (χ3n) is 2.99. The van der Waals surface area contributed by atoms with Gasteiger partial charge in [-0.15, -0.1) is 0 Å². The number of nitriles is 1. The third-order valence-corrected chi connectivity index (χ3v) is 2.99. The van der Waals surface area contributed by atoms with Crippen molar-refractivity contribution in [1.29, 1.82) is 5.26 Å². The average Bonchev–Trinajstić information content (AvgIpc) is 2.39. The Morgan fingerprint density at radius 3 is 2.74 bits per heavy atom. The van der Waals surface area contributed by atoms with Crippen LogP contribution in [0.15, 0.2) is 18.2 Å². The predicted octanol–water partition coefficient (Wildman–Crippen LogP) is 3.17. The molecule has 1 unspecified atom stereocenters. The van der Waals surface area contributed by atoms with Crippen molar-refractivity contribution in [2.75, 3.05) is 18.5 Å². The molecule has 1 fully saturated rings. The molecule has 102 valence electrons. The Hall–Kier alpha value is -1.74. The average molecular weight is 270 g/mol. The fourth-order valence-corrected chi connectivity index (χ4v) is 2.01. The number of nitrogens with zero attached hydrogens (tertiary/aromatic N) is 1. The Bertz CT molecular complexity index is 488. The summed E-state index contributed by atoms with van der Waals surface area (Å²) < 4.78 is 42.9. The van der Waals surface area contributed by atoms with Crippen molar-refractivity contribution in [2.24, 2.45) is 0 Å². The van der Waals surface area contributed by atoms with Gasteiger partial charge in [-0.05, 0) is 31.0 Å². The fraction of sp³-hybridized carbons (Fsp3) is 0.462. The number of halogens is 3. The van der Waals surface area contributed by atoms with Crippen molar-refractivity contribution in [3.05, 3.63) is 29.3 Å². The van der Waals surface area contributed by atoms with E-state index in [9.17, 15) is 13.2 Å². The second-order valence-electron chi connectivity index (χ2n) is 4.43. The van der Waals surface area contributed by atoms with Crippen molar-refractivity contribution in [3.63, 3.8) is 0 Å². The molecule has 2 rings (SSSR count). The van der Waals surface area contributed by atoms with Crippen molar-refractivity contribution in [1.82, 2.24) is 0 Å². The van der Waals surface area contributed by atoms with Gasteiger partial charge < -0.3 is 10.1 Å². The highest BCUT2D eigenvalue weighted by molar-refractivity contribution is 5.59. The van der Waals surface area contributed by atoms with Gasteiger partial charge >= 0.3 is 6.18 Å². The van der Waals surface area contributed by atoms with E-state index in [2.05, 4.69) is 5.32 Å². The molecule has 1 heterocycles. The first-order valence-electron chi connectivity index (χ1n) is 5.96. The SMILES string of the molecule is N#Cc1cc(C(F)(F)F)ccc1NC1CCCOC1. The van der Waals surface area contributed by atoms with Crippen LogP contribution in [0.4, 0.5) is 18.9 Å². The molecule has 0 radical (unpaired) electrons. The van der Waals surface area contributed by atoms with Crippen molar-refractivity contribution in [2.45, 2.75) is 25.1 Å². The number of anilines is 1. The molecule has 6 heteroatoms. The monoisotopic (exact) mass is 270 g/mol. The molecule has 1 atom stereocenters. The van der Waals surface area contributed by atoms with E-state index in [4.69, 9.17) is 10.00 Å². The van der Waals surface area contributed by atoms with Crippen LogP contribution >= 0.6 is 0 Å². The molecule has 1 aromatic rings. The summed E-state index contributed by atoms with van der Waals surface area (Å²) in [5, 5.41) is 12.0. The minimum absolute atomic E-state index is 0.000369. The lowest BCUT2D eigenvalue weighted by molar-refractivity contribution is -0.137. The summed E-state index contributed by atoms with van der Waals surface area (Å²) in [7, 11) is 0. The number of benzene rings is 1. The Kier molecular flexibility index (Phi) is 3.96. The maximum atomic E-state index is 12.5. The summed E-state index contributed by atoms with van der Waals surface area (Å²) in [4.78, 5) is 0. The van der Waals surface area contributed by atoms with E-state index in [1.807, 2.05) is 0 Å². The molecule has 1 aromatic carbocycles. The molecule has 0 bridgehead atoms. The first-order chi connectivity index (χ1) is 9.00. The molecule has 0 spiro atoms. The Balaban J connectivity index is 2.19. The van der Waals surface area contributed by atoms with Crippen LogP contribution < -0.4 is 5.32 Å². The largest absolute Gasteiger partial charge is 0.416 e. The van der Waals surface area contributed by atoms with E-state index in [0.717, 1.165) is 25.0 Å². The highest BCUT2D eigenvalue weighted by Gasteiger charge is 2.31. The van der Waals surface area contributed by atoms with Gasteiger partial charge in [0.1, 0.15) is 6.07 Å². The van der Waals surface area contributed by atoms with E-state index in [1.54, 1.807) is 6.07 Å². The van der Waals surface area contributed by atoms with Crippen LogP contribution in [0.5, 0.6) is 0 Å². The van der Waals surface area contributed by atoms with Crippen LogP contribution in [0, 0.1) is 11.3 Å². The second kappa shape index (κ2) is 5.49. The molecular formula is C13H13F3N2O.